The van der Waals surface area contributed by atoms with Crippen molar-refractivity contribution in [2.75, 3.05) is 6.61 Å². The highest BCUT2D eigenvalue weighted by molar-refractivity contribution is 5.87. The molecular formula is C20H17NO3. The highest BCUT2D eigenvalue weighted by Crippen LogP contribution is 2.13. The molecule has 0 unspecified atom stereocenters. The van der Waals surface area contributed by atoms with Gasteiger partial charge in [-0.1, -0.05) is 43.0 Å². The van der Waals surface area contributed by atoms with E-state index in [1.807, 2.05) is 24.3 Å². The van der Waals surface area contributed by atoms with Gasteiger partial charge in [-0.25, -0.2) is 4.79 Å². The molecule has 0 radical (unpaired) electrons. The van der Waals surface area contributed by atoms with Crippen molar-refractivity contribution in [2.24, 2.45) is 0 Å². The lowest BCUT2D eigenvalue weighted by molar-refractivity contribution is -0.138. The average molecular weight is 319 g/mol. The van der Waals surface area contributed by atoms with Gasteiger partial charge in [0, 0.05) is 11.6 Å². The molecule has 0 atom stereocenters. The van der Waals surface area contributed by atoms with Crippen LogP contribution >= 0.6 is 0 Å². The van der Waals surface area contributed by atoms with Crippen molar-refractivity contribution in [3.63, 3.8) is 0 Å². The molecule has 0 N–H and O–H groups in total. The molecule has 2 aromatic rings. The van der Waals surface area contributed by atoms with Crippen molar-refractivity contribution >= 4 is 12.0 Å². The Labute approximate surface area is 141 Å². The number of carbonyl (C=O) groups is 1. The van der Waals surface area contributed by atoms with E-state index >= 15 is 0 Å². The Balaban J connectivity index is 1.88. The van der Waals surface area contributed by atoms with Crippen LogP contribution in [0.4, 0.5) is 0 Å². The summed E-state index contributed by atoms with van der Waals surface area (Å²) in [5, 5.41) is 8.99. The number of esters is 1. The first-order valence-corrected chi connectivity index (χ1v) is 7.39. The Hall–Kier alpha value is -3.32. The molecule has 0 saturated carbocycles. The zero-order valence-corrected chi connectivity index (χ0v) is 13.1. The number of nitriles is 1. The molecule has 2 aromatic carbocycles. The molecule has 2 rings (SSSR count). The fraction of sp³-hybridized carbons (Fsp3) is 0.100. The summed E-state index contributed by atoms with van der Waals surface area (Å²) in [7, 11) is 0. The van der Waals surface area contributed by atoms with Gasteiger partial charge in [0.1, 0.15) is 19.0 Å². The third kappa shape index (κ3) is 5.15. The molecule has 0 saturated heterocycles. The van der Waals surface area contributed by atoms with Crippen LogP contribution in [-0.2, 0) is 16.1 Å². The van der Waals surface area contributed by atoms with Crippen molar-refractivity contribution in [2.45, 2.75) is 6.61 Å². The second-order valence-electron chi connectivity index (χ2n) is 4.88. The molecule has 0 aromatic heterocycles. The highest BCUT2D eigenvalue weighted by Gasteiger charge is 2.03. The first-order chi connectivity index (χ1) is 11.7. The number of carbonyl (C=O) groups excluding carboxylic acids is 1. The Morgan fingerprint density at radius 3 is 2.62 bits per heavy atom. The molecule has 0 spiro atoms. The van der Waals surface area contributed by atoms with Crippen LogP contribution in [0.3, 0.4) is 0 Å². The van der Waals surface area contributed by atoms with Crippen molar-refractivity contribution in [3.05, 3.63) is 84.0 Å². The molecule has 0 bridgehead atoms. The molecule has 0 amide bonds. The van der Waals surface area contributed by atoms with E-state index in [1.54, 1.807) is 36.4 Å². The van der Waals surface area contributed by atoms with E-state index in [0.717, 1.165) is 11.3 Å². The molecule has 0 fully saturated rings. The van der Waals surface area contributed by atoms with Crippen LogP contribution in [0, 0.1) is 11.3 Å². The Bertz CT molecular complexity index is 770. The standard InChI is InChI=1S/C20H17NO3/c1-2-13-23-19-10-7-16(8-11-19)9-12-20(22)24-15-18-6-4-3-5-17(18)14-21/h2-12H,1,13,15H2/b12-9+. The maximum absolute atomic E-state index is 11.8. The Morgan fingerprint density at radius 1 is 1.17 bits per heavy atom. The van der Waals surface area contributed by atoms with Gasteiger partial charge in [0.15, 0.2) is 0 Å². The predicted octanol–water partition coefficient (Wildman–Crippen LogP) is 3.88. The van der Waals surface area contributed by atoms with E-state index in [9.17, 15) is 4.79 Å². The fourth-order valence-electron chi connectivity index (χ4n) is 1.95. The summed E-state index contributed by atoms with van der Waals surface area (Å²) in [6.07, 6.45) is 4.69. The fourth-order valence-corrected chi connectivity index (χ4v) is 1.95. The van der Waals surface area contributed by atoms with E-state index < -0.39 is 5.97 Å². The van der Waals surface area contributed by atoms with Crippen LogP contribution in [0.1, 0.15) is 16.7 Å². The van der Waals surface area contributed by atoms with Gasteiger partial charge >= 0.3 is 5.97 Å². The molecule has 0 aliphatic heterocycles. The third-order valence-corrected chi connectivity index (χ3v) is 3.17. The monoisotopic (exact) mass is 319 g/mol. The lowest BCUT2D eigenvalue weighted by Crippen LogP contribution is -2.02. The van der Waals surface area contributed by atoms with Gasteiger partial charge in [0.25, 0.3) is 0 Å². The minimum atomic E-state index is -0.463. The summed E-state index contributed by atoms with van der Waals surface area (Å²) in [6.45, 7) is 4.11. The number of hydrogen-bond acceptors (Lipinski definition) is 4. The number of rotatable bonds is 7. The second-order valence-corrected chi connectivity index (χ2v) is 4.88. The minimum Gasteiger partial charge on any atom is -0.490 e. The zero-order valence-electron chi connectivity index (χ0n) is 13.1. The van der Waals surface area contributed by atoms with Crippen LogP contribution in [0.25, 0.3) is 6.08 Å². The minimum absolute atomic E-state index is 0.0707. The lowest BCUT2D eigenvalue weighted by Gasteiger charge is -2.04. The molecule has 4 heteroatoms. The van der Waals surface area contributed by atoms with Crippen molar-refractivity contribution in [1.29, 1.82) is 5.26 Å². The quantitative estimate of drug-likeness (QED) is 0.441. The van der Waals surface area contributed by atoms with Crippen LogP contribution in [0.2, 0.25) is 0 Å². The van der Waals surface area contributed by atoms with Crippen LogP contribution in [-0.4, -0.2) is 12.6 Å². The van der Waals surface area contributed by atoms with E-state index in [2.05, 4.69) is 12.6 Å². The summed E-state index contributed by atoms with van der Waals surface area (Å²) in [5.74, 6) is 0.275. The van der Waals surface area contributed by atoms with Crippen LogP contribution in [0.5, 0.6) is 5.75 Å². The smallest absolute Gasteiger partial charge is 0.331 e. The number of ether oxygens (including phenoxy) is 2. The predicted molar refractivity (Wildman–Crippen MR) is 92.1 cm³/mol. The molecule has 120 valence electrons. The molecule has 0 aliphatic rings. The summed E-state index contributed by atoms with van der Waals surface area (Å²) in [6, 6.07) is 16.4. The van der Waals surface area contributed by atoms with Gasteiger partial charge in [-0.2, -0.15) is 5.26 Å². The van der Waals surface area contributed by atoms with Gasteiger partial charge in [-0.3, -0.25) is 0 Å². The van der Waals surface area contributed by atoms with Crippen molar-refractivity contribution < 1.29 is 14.3 Å². The first kappa shape index (κ1) is 17.0. The average Bonchev–Trinajstić information content (AvgIpc) is 2.64. The molecule has 24 heavy (non-hydrogen) atoms. The summed E-state index contributed by atoms with van der Waals surface area (Å²) in [5.41, 5.74) is 2.05. The van der Waals surface area contributed by atoms with E-state index in [-0.39, 0.29) is 6.61 Å². The molecule has 0 aliphatic carbocycles. The van der Waals surface area contributed by atoms with Gasteiger partial charge < -0.3 is 9.47 Å². The number of benzene rings is 2. The van der Waals surface area contributed by atoms with Gasteiger partial charge in [0.05, 0.1) is 11.6 Å². The molecule has 0 heterocycles. The van der Waals surface area contributed by atoms with Crippen LogP contribution < -0.4 is 4.74 Å². The summed E-state index contributed by atoms with van der Waals surface area (Å²) < 4.78 is 10.5. The van der Waals surface area contributed by atoms with Crippen molar-refractivity contribution in [1.82, 2.24) is 0 Å². The number of hydrogen-bond donors (Lipinski definition) is 0. The summed E-state index contributed by atoms with van der Waals surface area (Å²) >= 11 is 0. The van der Waals surface area contributed by atoms with E-state index in [4.69, 9.17) is 14.7 Å². The maximum atomic E-state index is 11.8. The summed E-state index contributed by atoms with van der Waals surface area (Å²) in [4.78, 5) is 11.8. The molecular weight excluding hydrogens is 302 g/mol. The van der Waals surface area contributed by atoms with Gasteiger partial charge in [0.2, 0.25) is 0 Å². The lowest BCUT2D eigenvalue weighted by atomic mass is 10.1. The topological polar surface area (TPSA) is 59.3 Å². The molecule has 4 nitrogen and oxygen atoms in total. The SMILES string of the molecule is C=CCOc1ccc(/C=C/C(=O)OCc2ccccc2C#N)cc1. The Morgan fingerprint density at radius 2 is 1.92 bits per heavy atom. The first-order valence-electron chi connectivity index (χ1n) is 7.39. The third-order valence-electron chi connectivity index (χ3n) is 3.17. The normalized spacial score (nSPS) is 10.1. The zero-order chi connectivity index (χ0) is 17.2. The maximum Gasteiger partial charge on any atom is 0.331 e. The number of nitrogens with zero attached hydrogens (tertiary/aromatic N) is 1. The Kier molecular flexibility index (Phi) is 6.36. The van der Waals surface area contributed by atoms with E-state index in [1.165, 1.54) is 6.08 Å². The second kappa shape index (κ2) is 8.96. The van der Waals surface area contributed by atoms with Crippen LogP contribution in [0.15, 0.2) is 67.3 Å². The highest BCUT2D eigenvalue weighted by atomic mass is 16.5. The van der Waals surface area contributed by atoms with Crippen molar-refractivity contribution in [3.8, 4) is 11.8 Å². The van der Waals surface area contributed by atoms with E-state index in [0.29, 0.717) is 17.7 Å². The van der Waals surface area contributed by atoms with Gasteiger partial charge in [-0.15, -0.1) is 0 Å². The van der Waals surface area contributed by atoms with Gasteiger partial charge in [-0.05, 0) is 29.8 Å². The largest absolute Gasteiger partial charge is 0.490 e.